The smallest absolute Gasteiger partial charge is 0.232 e. The van der Waals surface area contributed by atoms with E-state index in [1.54, 1.807) is 6.20 Å². The molecule has 2 heterocycles. The standard InChI is InChI=1S/C13H16ClNO2/c14-11-2-1-5-15-12(11)17-10-8-13(9-10)3-6-16-7-4-13/h1-2,5,10H,3-4,6-9H2. The molecule has 1 saturated heterocycles. The lowest BCUT2D eigenvalue weighted by atomic mass is 9.62. The van der Waals surface area contributed by atoms with Gasteiger partial charge in [0.15, 0.2) is 0 Å². The lowest BCUT2D eigenvalue weighted by Gasteiger charge is -2.49. The van der Waals surface area contributed by atoms with E-state index in [9.17, 15) is 0 Å². The summed E-state index contributed by atoms with van der Waals surface area (Å²) in [6.07, 6.45) is 6.56. The van der Waals surface area contributed by atoms with Crippen LogP contribution in [-0.4, -0.2) is 24.3 Å². The largest absolute Gasteiger partial charge is 0.473 e. The first-order valence-electron chi connectivity index (χ1n) is 6.12. The van der Waals surface area contributed by atoms with Gasteiger partial charge in [-0.3, -0.25) is 0 Å². The summed E-state index contributed by atoms with van der Waals surface area (Å²) in [5.41, 5.74) is 0.476. The van der Waals surface area contributed by atoms with Gasteiger partial charge in [0, 0.05) is 19.4 Å². The number of hydrogen-bond acceptors (Lipinski definition) is 3. The van der Waals surface area contributed by atoms with Gasteiger partial charge in [-0.15, -0.1) is 0 Å². The van der Waals surface area contributed by atoms with Gasteiger partial charge in [0.1, 0.15) is 11.1 Å². The normalized spacial score (nSPS) is 23.4. The van der Waals surface area contributed by atoms with Crippen LogP contribution in [-0.2, 0) is 4.74 Å². The van der Waals surface area contributed by atoms with Crippen molar-refractivity contribution in [1.82, 2.24) is 4.98 Å². The van der Waals surface area contributed by atoms with E-state index in [1.807, 2.05) is 12.1 Å². The summed E-state index contributed by atoms with van der Waals surface area (Å²) in [5, 5.41) is 0.598. The van der Waals surface area contributed by atoms with Crippen molar-refractivity contribution < 1.29 is 9.47 Å². The molecular weight excluding hydrogens is 238 g/mol. The Bertz CT molecular complexity index is 396. The molecule has 0 radical (unpaired) electrons. The van der Waals surface area contributed by atoms with E-state index in [1.165, 1.54) is 12.8 Å². The third-order valence-electron chi connectivity index (χ3n) is 3.88. The molecule has 0 aromatic carbocycles. The molecule has 0 N–H and O–H groups in total. The fourth-order valence-electron chi connectivity index (χ4n) is 2.82. The number of ether oxygens (including phenoxy) is 2. The zero-order valence-electron chi connectivity index (χ0n) is 9.69. The zero-order valence-corrected chi connectivity index (χ0v) is 10.4. The van der Waals surface area contributed by atoms with Crippen molar-refractivity contribution >= 4 is 11.6 Å². The zero-order chi connectivity index (χ0) is 11.7. The third-order valence-corrected chi connectivity index (χ3v) is 4.17. The van der Waals surface area contributed by atoms with Gasteiger partial charge in [-0.2, -0.15) is 0 Å². The number of aromatic nitrogens is 1. The van der Waals surface area contributed by atoms with Crippen LogP contribution in [0.2, 0.25) is 5.02 Å². The molecule has 4 heteroatoms. The molecule has 1 aliphatic heterocycles. The first-order chi connectivity index (χ1) is 8.27. The van der Waals surface area contributed by atoms with Crippen LogP contribution in [0.3, 0.4) is 0 Å². The van der Waals surface area contributed by atoms with E-state index >= 15 is 0 Å². The van der Waals surface area contributed by atoms with Crippen LogP contribution in [0, 0.1) is 5.41 Å². The van der Waals surface area contributed by atoms with Gasteiger partial charge in [-0.1, -0.05) is 11.6 Å². The van der Waals surface area contributed by atoms with Crippen molar-refractivity contribution in [2.24, 2.45) is 5.41 Å². The highest BCUT2D eigenvalue weighted by molar-refractivity contribution is 6.31. The molecule has 3 nitrogen and oxygen atoms in total. The van der Waals surface area contributed by atoms with Crippen molar-refractivity contribution in [2.75, 3.05) is 13.2 Å². The van der Waals surface area contributed by atoms with Crippen LogP contribution in [0.15, 0.2) is 18.3 Å². The summed E-state index contributed by atoms with van der Waals surface area (Å²) >= 11 is 6.02. The van der Waals surface area contributed by atoms with Crippen molar-refractivity contribution in [3.05, 3.63) is 23.4 Å². The first-order valence-corrected chi connectivity index (χ1v) is 6.50. The van der Waals surface area contributed by atoms with E-state index in [0.29, 0.717) is 16.3 Å². The van der Waals surface area contributed by atoms with E-state index in [2.05, 4.69) is 4.98 Å². The Balaban J connectivity index is 1.58. The predicted octanol–water partition coefficient (Wildman–Crippen LogP) is 3.07. The summed E-state index contributed by atoms with van der Waals surface area (Å²) in [6.45, 7) is 1.80. The highest BCUT2D eigenvalue weighted by Gasteiger charge is 2.46. The van der Waals surface area contributed by atoms with E-state index < -0.39 is 0 Å². The number of rotatable bonds is 2. The highest BCUT2D eigenvalue weighted by atomic mass is 35.5. The average molecular weight is 254 g/mol. The monoisotopic (exact) mass is 253 g/mol. The number of pyridine rings is 1. The molecule has 1 aromatic rings. The van der Waals surface area contributed by atoms with Crippen LogP contribution >= 0.6 is 11.6 Å². The highest BCUT2D eigenvalue weighted by Crippen LogP contribution is 2.50. The van der Waals surface area contributed by atoms with Crippen LogP contribution < -0.4 is 4.74 Å². The molecule has 17 heavy (non-hydrogen) atoms. The fourth-order valence-corrected chi connectivity index (χ4v) is 2.98. The molecule has 92 valence electrons. The van der Waals surface area contributed by atoms with Crippen molar-refractivity contribution in [3.63, 3.8) is 0 Å². The van der Waals surface area contributed by atoms with Crippen LogP contribution in [0.5, 0.6) is 5.88 Å². The summed E-state index contributed by atoms with van der Waals surface area (Å²) < 4.78 is 11.2. The Morgan fingerprint density at radius 1 is 1.35 bits per heavy atom. The molecule has 1 aromatic heterocycles. The maximum Gasteiger partial charge on any atom is 0.232 e. The van der Waals surface area contributed by atoms with E-state index in [4.69, 9.17) is 21.1 Å². The van der Waals surface area contributed by atoms with Crippen LogP contribution in [0.1, 0.15) is 25.7 Å². The minimum absolute atomic E-state index is 0.278. The molecule has 0 amide bonds. The minimum Gasteiger partial charge on any atom is -0.473 e. The summed E-state index contributed by atoms with van der Waals surface area (Å²) in [7, 11) is 0. The van der Waals surface area contributed by atoms with Gasteiger partial charge in [0.05, 0.1) is 0 Å². The summed E-state index contributed by atoms with van der Waals surface area (Å²) in [5.74, 6) is 0.570. The molecule has 1 spiro atoms. The quantitative estimate of drug-likeness (QED) is 0.812. The van der Waals surface area contributed by atoms with Crippen molar-refractivity contribution in [1.29, 1.82) is 0 Å². The van der Waals surface area contributed by atoms with Crippen molar-refractivity contribution in [3.8, 4) is 5.88 Å². The van der Waals surface area contributed by atoms with Gasteiger partial charge >= 0.3 is 0 Å². The Morgan fingerprint density at radius 2 is 2.12 bits per heavy atom. The second-order valence-corrected chi connectivity index (χ2v) is 5.46. The number of hydrogen-bond donors (Lipinski definition) is 0. The van der Waals surface area contributed by atoms with Gasteiger partial charge in [0.25, 0.3) is 0 Å². The van der Waals surface area contributed by atoms with Gasteiger partial charge in [-0.25, -0.2) is 4.98 Å². The van der Waals surface area contributed by atoms with Gasteiger partial charge < -0.3 is 9.47 Å². The maximum atomic E-state index is 6.02. The number of halogens is 1. The predicted molar refractivity (Wildman–Crippen MR) is 65.4 cm³/mol. The SMILES string of the molecule is Clc1cccnc1OC1CC2(CCOCC2)C1. The Kier molecular flexibility index (Phi) is 2.97. The fraction of sp³-hybridized carbons (Fsp3) is 0.615. The second kappa shape index (κ2) is 4.46. The Morgan fingerprint density at radius 3 is 2.82 bits per heavy atom. The summed E-state index contributed by atoms with van der Waals surface area (Å²) in [6, 6.07) is 3.63. The Labute approximate surface area is 106 Å². The Hall–Kier alpha value is -0.800. The van der Waals surface area contributed by atoms with Gasteiger partial charge in [-0.05, 0) is 43.2 Å². The maximum absolute atomic E-state index is 6.02. The van der Waals surface area contributed by atoms with E-state index in [0.717, 1.165) is 26.1 Å². The molecule has 1 saturated carbocycles. The van der Waals surface area contributed by atoms with Crippen molar-refractivity contribution in [2.45, 2.75) is 31.8 Å². The number of nitrogens with zero attached hydrogens (tertiary/aromatic N) is 1. The lowest BCUT2D eigenvalue weighted by Crippen LogP contribution is -2.47. The molecule has 2 aliphatic rings. The molecule has 1 aliphatic carbocycles. The van der Waals surface area contributed by atoms with E-state index in [-0.39, 0.29) is 6.10 Å². The topological polar surface area (TPSA) is 31.4 Å². The third kappa shape index (κ3) is 2.26. The molecule has 3 rings (SSSR count). The molecule has 0 bridgehead atoms. The molecule has 0 unspecified atom stereocenters. The second-order valence-electron chi connectivity index (χ2n) is 5.05. The molecule has 2 fully saturated rings. The van der Waals surface area contributed by atoms with Crippen LogP contribution in [0.25, 0.3) is 0 Å². The molecular formula is C13H16ClNO2. The average Bonchev–Trinajstić information content (AvgIpc) is 2.31. The van der Waals surface area contributed by atoms with Gasteiger partial charge in [0.2, 0.25) is 5.88 Å². The summed E-state index contributed by atoms with van der Waals surface area (Å²) in [4.78, 5) is 4.15. The first kappa shape index (κ1) is 11.3. The molecule has 0 atom stereocenters. The minimum atomic E-state index is 0.278. The lowest BCUT2D eigenvalue weighted by molar-refractivity contribution is -0.0868. The van der Waals surface area contributed by atoms with Crippen LogP contribution in [0.4, 0.5) is 0 Å².